The summed E-state index contributed by atoms with van der Waals surface area (Å²) in [6, 6.07) is 18.3. The number of aromatic nitrogens is 2. The van der Waals surface area contributed by atoms with Crippen LogP contribution in [0.1, 0.15) is 11.6 Å². The molecule has 2 aromatic heterocycles. The Hall–Kier alpha value is -2.67. The first-order chi connectivity index (χ1) is 14.5. The molecule has 1 atom stereocenters. The van der Waals surface area contributed by atoms with E-state index in [9.17, 15) is 0 Å². The summed E-state index contributed by atoms with van der Waals surface area (Å²) in [7, 11) is 5.84. The van der Waals surface area contributed by atoms with E-state index in [1.165, 1.54) is 5.56 Å². The molecule has 7 heteroatoms. The summed E-state index contributed by atoms with van der Waals surface area (Å²) in [6.45, 7) is 0.722. The second-order valence-corrected chi connectivity index (χ2v) is 8.68. The maximum Gasteiger partial charge on any atom is 0.147 e. The zero-order chi connectivity index (χ0) is 21.1. The maximum absolute atomic E-state index is 6.03. The average Bonchev–Trinajstić information content (AvgIpc) is 3.20. The van der Waals surface area contributed by atoms with Crippen LogP contribution in [0.4, 0.5) is 5.82 Å². The lowest BCUT2D eigenvalue weighted by Gasteiger charge is -2.25. The molecule has 0 saturated heterocycles. The summed E-state index contributed by atoms with van der Waals surface area (Å²) < 4.78 is 6.33. The zero-order valence-electron chi connectivity index (χ0n) is 17.1. The number of nitrogens with zero attached hydrogens (tertiary/aromatic N) is 3. The molecule has 30 heavy (non-hydrogen) atoms. The molecule has 2 heterocycles. The van der Waals surface area contributed by atoms with Crippen LogP contribution in [0.25, 0.3) is 20.7 Å². The normalized spacial score (nSPS) is 12.3. The van der Waals surface area contributed by atoms with Crippen molar-refractivity contribution in [1.82, 2.24) is 14.9 Å². The molecule has 5 nitrogen and oxygen atoms in total. The van der Waals surface area contributed by atoms with Gasteiger partial charge < -0.3 is 15.0 Å². The molecular formula is C23H23ClN4OS. The van der Waals surface area contributed by atoms with Gasteiger partial charge in [-0.3, -0.25) is 0 Å². The zero-order valence-corrected chi connectivity index (χ0v) is 18.7. The van der Waals surface area contributed by atoms with Gasteiger partial charge in [0.25, 0.3) is 0 Å². The van der Waals surface area contributed by atoms with Crippen LogP contribution < -0.4 is 10.1 Å². The molecule has 4 aromatic rings. The van der Waals surface area contributed by atoms with Crippen molar-refractivity contribution >= 4 is 39.0 Å². The molecule has 0 aliphatic heterocycles. The van der Waals surface area contributed by atoms with Crippen LogP contribution in [0.5, 0.6) is 5.75 Å². The van der Waals surface area contributed by atoms with Gasteiger partial charge in [-0.15, -0.1) is 11.3 Å². The van der Waals surface area contributed by atoms with E-state index < -0.39 is 0 Å². The lowest BCUT2D eigenvalue weighted by Crippen LogP contribution is -2.27. The molecular weight excluding hydrogens is 416 g/mol. The Morgan fingerprint density at radius 3 is 2.47 bits per heavy atom. The van der Waals surface area contributed by atoms with Crippen LogP contribution >= 0.6 is 22.9 Å². The molecule has 0 saturated carbocycles. The summed E-state index contributed by atoms with van der Waals surface area (Å²) >= 11 is 7.71. The number of fused-ring (bicyclic) bond motifs is 1. The highest BCUT2D eigenvalue weighted by molar-refractivity contribution is 7.22. The number of benzene rings is 2. The Morgan fingerprint density at radius 1 is 1.07 bits per heavy atom. The highest BCUT2D eigenvalue weighted by Crippen LogP contribution is 2.36. The van der Waals surface area contributed by atoms with Gasteiger partial charge in [-0.05, 0) is 55.6 Å². The lowest BCUT2D eigenvalue weighted by atomic mass is 10.1. The number of nitrogens with one attached hydrogen (secondary N) is 1. The second-order valence-electron chi connectivity index (χ2n) is 7.19. The van der Waals surface area contributed by atoms with Crippen LogP contribution in [0.15, 0.2) is 60.9 Å². The van der Waals surface area contributed by atoms with E-state index in [1.807, 2.05) is 36.4 Å². The molecule has 0 spiro atoms. The first kappa shape index (κ1) is 20.6. The van der Waals surface area contributed by atoms with Crippen LogP contribution in [-0.4, -0.2) is 42.6 Å². The van der Waals surface area contributed by atoms with E-state index in [4.69, 9.17) is 16.3 Å². The van der Waals surface area contributed by atoms with Crippen LogP contribution in [-0.2, 0) is 0 Å². The maximum atomic E-state index is 6.03. The van der Waals surface area contributed by atoms with E-state index in [0.717, 1.165) is 43.8 Å². The van der Waals surface area contributed by atoms with E-state index in [1.54, 1.807) is 24.8 Å². The first-order valence-electron chi connectivity index (χ1n) is 9.60. The van der Waals surface area contributed by atoms with Gasteiger partial charge in [0.15, 0.2) is 0 Å². The predicted octanol–water partition coefficient (Wildman–Crippen LogP) is 5.74. The Balaban J connectivity index is 1.58. The number of methoxy groups -OCH3 is 1. The lowest BCUT2D eigenvalue weighted by molar-refractivity contribution is 0.311. The van der Waals surface area contributed by atoms with Gasteiger partial charge in [0.1, 0.15) is 17.9 Å². The monoisotopic (exact) mass is 438 g/mol. The molecule has 0 amide bonds. The van der Waals surface area contributed by atoms with Gasteiger partial charge in [0, 0.05) is 16.4 Å². The fourth-order valence-corrected chi connectivity index (χ4v) is 4.56. The Morgan fingerprint density at radius 2 is 1.80 bits per heavy atom. The minimum Gasteiger partial charge on any atom is -0.497 e. The van der Waals surface area contributed by atoms with Crippen molar-refractivity contribution in [2.24, 2.45) is 0 Å². The van der Waals surface area contributed by atoms with Crippen LogP contribution in [0.3, 0.4) is 0 Å². The fraction of sp³-hybridized carbons (Fsp3) is 0.217. The summed E-state index contributed by atoms with van der Waals surface area (Å²) in [4.78, 5) is 12.3. The van der Waals surface area contributed by atoms with Crippen molar-refractivity contribution in [1.29, 1.82) is 0 Å². The highest BCUT2D eigenvalue weighted by atomic mass is 35.5. The van der Waals surface area contributed by atoms with Gasteiger partial charge in [0.05, 0.1) is 23.4 Å². The molecule has 0 radical (unpaired) electrons. The van der Waals surface area contributed by atoms with Crippen molar-refractivity contribution in [3.8, 4) is 16.2 Å². The molecule has 0 bridgehead atoms. The number of ether oxygens (including phenoxy) is 1. The second kappa shape index (κ2) is 9.00. The van der Waals surface area contributed by atoms with Crippen molar-refractivity contribution in [3.63, 3.8) is 0 Å². The number of thiophene rings is 1. The third kappa shape index (κ3) is 4.41. The molecule has 154 valence electrons. The Kier molecular flexibility index (Phi) is 6.18. The first-order valence-corrected chi connectivity index (χ1v) is 10.8. The predicted molar refractivity (Wildman–Crippen MR) is 126 cm³/mol. The van der Waals surface area contributed by atoms with Gasteiger partial charge in [0.2, 0.25) is 0 Å². The Bertz CT molecular complexity index is 1130. The third-order valence-corrected chi connectivity index (χ3v) is 6.46. The molecule has 1 unspecified atom stereocenters. The average molecular weight is 439 g/mol. The summed E-state index contributed by atoms with van der Waals surface area (Å²) in [5, 5.41) is 4.27. The minimum absolute atomic E-state index is 0.191. The van der Waals surface area contributed by atoms with E-state index >= 15 is 0 Å². The number of rotatable bonds is 7. The number of likely N-dealkylation sites (N-methyl/N-ethyl adjacent to an activating group) is 1. The Labute approximate surface area is 185 Å². The van der Waals surface area contributed by atoms with Gasteiger partial charge in [-0.1, -0.05) is 35.9 Å². The number of anilines is 1. The number of hydrogen-bond acceptors (Lipinski definition) is 6. The molecule has 0 aliphatic carbocycles. The fourth-order valence-electron chi connectivity index (χ4n) is 3.35. The van der Waals surface area contributed by atoms with Crippen molar-refractivity contribution in [2.75, 3.05) is 33.1 Å². The smallest absolute Gasteiger partial charge is 0.147 e. The van der Waals surface area contributed by atoms with Crippen molar-refractivity contribution in [3.05, 3.63) is 71.5 Å². The number of halogens is 1. The van der Waals surface area contributed by atoms with Gasteiger partial charge in [-0.25, -0.2) is 9.97 Å². The quantitative estimate of drug-likeness (QED) is 0.399. The topological polar surface area (TPSA) is 50.3 Å². The summed E-state index contributed by atoms with van der Waals surface area (Å²) in [5.41, 5.74) is 3.28. The summed E-state index contributed by atoms with van der Waals surface area (Å²) in [6.07, 6.45) is 1.61. The number of hydrogen-bond donors (Lipinski definition) is 1. The molecule has 2 aromatic carbocycles. The SMILES string of the molecule is COc1ccc(C(CNc2ncnc3cc(-c4ccc(Cl)cc4)sc23)N(C)C)cc1. The molecule has 0 aliphatic rings. The van der Waals surface area contributed by atoms with Crippen LogP contribution in [0.2, 0.25) is 5.02 Å². The molecule has 4 rings (SSSR count). The van der Waals surface area contributed by atoms with Crippen molar-refractivity contribution in [2.45, 2.75) is 6.04 Å². The standard InChI is InChI=1S/C23H23ClN4OS/c1-28(2)20(15-6-10-18(29-3)11-7-15)13-25-23-22-19(26-14-27-23)12-21(30-22)16-4-8-17(24)9-5-16/h4-12,14,20H,13H2,1-3H3,(H,25,26,27). The van der Waals surface area contributed by atoms with E-state index in [0.29, 0.717) is 0 Å². The largest absolute Gasteiger partial charge is 0.497 e. The van der Waals surface area contributed by atoms with E-state index in [2.05, 4.69) is 52.5 Å². The molecule has 0 fully saturated rings. The highest BCUT2D eigenvalue weighted by Gasteiger charge is 2.16. The van der Waals surface area contributed by atoms with E-state index in [-0.39, 0.29) is 6.04 Å². The third-order valence-electron chi connectivity index (χ3n) is 5.03. The van der Waals surface area contributed by atoms with Gasteiger partial charge >= 0.3 is 0 Å². The minimum atomic E-state index is 0.191. The van der Waals surface area contributed by atoms with Crippen LogP contribution in [0, 0.1) is 0 Å². The van der Waals surface area contributed by atoms with Crippen molar-refractivity contribution < 1.29 is 4.74 Å². The van der Waals surface area contributed by atoms with Gasteiger partial charge in [-0.2, -0.15) is 0 Å². The molecule has 1 N–H and O–H groups in total. The summed E-state index contributed by atoms with van der Waals surface area (Å²) in [5.74, 6) is 1.71.